The van der Waals surface area contributed by atoms with Gasteiger partial charge in [-0.3, -0.25) is 0 Å². The van der Waals surface area contributed by atoms with Crippen LogP contribution in [-0.4, -0.2) is 16.4 Å². The van der Waals surface area contributed by atoms with E-state index in [4.69, 9.17) is 15.0 Å². The minimum Gasteiger partial charge on any atom is -1.00 e. The Hall–Kier alpha value is 1.85. The van der Waals surface area contributed by atoms with E-state index in [1.807, 2.05) is 0 Å². The van der Waals surface area contributed by atoms with Crippen LogP contribution in [0, 0.1) is 38.6 Å². The minimum absolute atomic E-state index is 0. The van der Waals surface area contributed by atoms with Crippen molar-refractivity contribution in [2.24, 2.45) is 0 Å². The van der Waals surface area contributed by atoms with E-state index in [0.29, 0.717) is 0 Å². The van der Waals surface area contributed by atoms with Crippen molar-refractivity contribution in [2.75, 3.05) is 0 Å². The Labute approximate surface area is 101 Å². The Morgan fingerprint density at radius 1 is 1.43 bits per heavy atom. The number of carboxylic acid groups (broad SMARTS) is 2. The molecule has 0 saturated carbocycles. The summed E-state index contributed by atoms with van der Waals surface area (Å²) in [6.45, 7) is 0. The van der Waals surface area contributed by atoms with Gasteiger partial charge in [-0.2, -0.15) is 0 Å². The Balaban J connectivity index is -0.00000000750. The molecule has 6 heteroatoms. The van der Waals surface area contributed by atoms with Crippen molar-refractivity contribution in [3.05, 3.63) is 0 Å². The summed E-state index contributed by atoms with van der Waals surface area (Å²) in [6, 6.07) is 0. The predicted octanol–water partition coefficient (Wildman–Crippen LogP) is -2.24. The molecule has 0 aromatic rings. The van der Waals surface area contributed by atoms with Gasteiger partial charge < -0.3 is 11.6 Å². The fraction of sp³-hybridized carbons (Fsp3) is 0. The average molecular weight is 281 g/mol. The number of carbonyl (C=O) groups is 1. The molecule has 0 bridgehead atoms. The number of hydrogen-bond acceptors (Lipinski definition) is 1. The van der Waals surface area contributed by atoms with E-state index >= 15 is 0 Å². The maximum absolute atomic E-state index is 8.56. The molecule has 0 aliphatic heterocycles. The normalized spacial score (nSPS) is 3.43. The van der Waals surface area contributed by atoms with Gasteiger partial charge in [-0.05, 0) is 0 Å². The monoisotopic (exact) mass is 281 g/mol. The van der Waals surface area contributed by atoms with Crippen LogP contribution in [0.1, 0.15) is 1.43 Å². The first-order valence-electron chi connectivity index (χ1n) is 0.651. The summed E-state index contributed by atoms with van der Waals surface area (Å²) in [5, 5.41) is 13.9. The van der Waals surface area contributed by atoms with E-state index in [9.17, 15) is 0 Å². The molecule has 0 rings (SSSR count). The van der Waals surface area contributed by atoms with Crippen molar-refractivity contribution in [2.45, 2.75) is 0 Å². The van der Waals surface area contributed by atoms with Gasteiger partial charge in [0.1, 0.15) is 0 Å². The number of hydrogen-bond donors (Lipinski definition) is 2. The Bertz CT molecular complexity index is 42.3. The molecule has 0 fully saturated rings. The summed E-state index contributed by atoms with van der Waals surface area (Å²) < 4.78 is 0. The third kappa shape index (κ3) is 78.7. The van der Waals surface area contributed by atoms with Crippen molar-refractivity contribution in [1.29, 1.82) is 0 Å². The summed E-state index contributed by atoms with van der Waals surface area (Å²) >= 11 is 0. The predicted molar refractivity (Wildman–Crippen MR) is 19.0 cm³/mol. The van der Waals surface area contributed by atoms with Crippen molar-refractivity contribution in [3.63, 3.8) is 0 Å². The second-order valence-corrected chi connectivity index (χ2v) is 0.283. The molecule has 0 amide bonds. The van der Waals surface area contributed by atoms with Crippen molar-refractivity contribution < 1.29 is 84.6 Å². The van der Waals surface area contributed by atoms with Crippen LogP contribution in [0.2, 0.25) is 0 Å². The minimum atomic E-state index is -1.83. The first-order chi connectivity index (χ1) is 1.73. The van der Waals surface area contributed by atoms with Gasteiger partial charge in [-0.15, -0.1) is 12.4 Å². The molecule has 2 N–H and O–H groups in total. The van der Waals surface area contributed by atoms with Gasteiger partial charge >= 0.3 is 35.7 Å². The van der Waals surface area contributed by atoms with E-state index in [1.165, 1.54) is 0 Å². The largest absolute Gasteiger partial charge is 1.00 e. The van der Waals surface area contributed by atoms with Crippen LogP contribution >= 0.6 is 12.4 Å². The Kier molecular flexibility index (Phi) is 51.9. The first kappa shape index (κ1) is 23.2. The van der Waals surface area contributed by atoms with Crippen molar-refractivity contribution >= 4 is 18.6 Å². The molecule has 0 atom stereocenters. The van der Waals surface area contributed by atoms with E-state index in [1.54, 1.807) is 0 Å². The molecule has 0 heterocycles. The van der Waals surface area contributed by atoms with E-state index in [-0.39, 0.29) is 82.0 Å². The SMILES string of the molecule is Cl.O=C(O)O.[H-].[Na+].[Tb]. The third-order valence-electron chi connectivity index (χ3n) is 0. The summed E-state index contributed by atoms with van der Waals surface area (Å²) in [4.78, 5) is 8.56. The fourth-order valence-corrected chi connectivity index (χ4v) is 0. The average Bonchev–Trinajstić information content (AvgIpc) is 0.811. The summed E-state index contributed by atoms with van der Waals surface area (Å²) in [6.07, 6.45) is -1.83. The maximum atomic E-state index is 8.56. The quantitative estimate of drug-likeness (QED) is 0.494. The van der Waals surface area contributed by atoms with Crippen molar-refractivity contribution in [3.8, 4) is 0 Å². The molecule has 0 saturated heterocycles. The van der Waals surface area contributed by atoms with Gasteiger partial charge in [-0.1, -0.05) is 0 Å². The first-order valence-corrected chi connectivity index (χ1v) is 0.651. The molecule has 0 aromatic heterocycles. The second kappa shape index (κ2) is 15.7. The fourth-order valence-electron chi connectivity index (χ4n) is 0. The van der Waals surface area contributed by atoms with E-state index in [2.05, 4.69) is 0 Å². The standard InChI is InChI=1S/CH2O3.ClH.Na.Tb.H/c2-1(3)4;;;;/h(H2,2,3,4);1H;;;/q;;+1;;-1. The van der Waals surface area contributed by atoms with Gasteiger partial charge in [0, 0.05) is 38.6 Å². The van der Waals surface area contributed by atoms with Crippen LogP contribution in [0.3, 0.4) is 0 Å². The summed E-state index contributed by atoms with van der Waals surface area (Å²) in [5.74, 6) is 0. The molecular formula is CH4ClNaO3Tb. The molecule has 0 spiro atoms. The zero-order valence-corrected chi connectivity index (χ0v) is 8.50. The summed E-state index contributed by atoms with van der Waals surface area (Å²) in [5.41, 5.74) is 0. The third-order valence-corrected chi connectivity index (χ3v) is 0. The molecule has 43 valence electrons. The molecule has 3 nitrogen and oxygen atoms in total. The van der Waals surface area contributed by atoms with Gasteiger partial charge in [0.15, 0.2) is 0 Å². The Morgan fingerprint density at radius 2 is 1.43 bits per heavy atom. The van der Waals surface area contributed by atoms with Crippen LogP contribution in [0.5, 0.6) is 0 Å². The van der Waals surface area contributed by atoms with Gasteiger partial charge in [0.05, 0.1) is 0 Å². The van der Waals surface area contributed by atoms with Crippen LogP contribution in [0.15, 0.2) is 0 Å². The van der Waals surface area contributed by atoms with Crippen LogP contribution in [0.4, 0.5) is 4.79 Å². The second-order valence-electron chi connectivity index (χ2n) is 0.283. The number of rotatable bonds is 0. The number of halogens is 1. The van der Waals surface area contributed by atoms with Crippen LogP contribution in [-0.2, 0) is 0 Å². The molecule has 1 radical (unpaired) electrons. The van der Waals surface area contributed by atoms with Gasteiger partial charge in [0.2, 0.25) is 0 Å². The van der Waals surface area contributed by atoms with Gasteiger partial charge in [0.25, 0.3) is 0 Å². The topological polar surface area (TPSA) is 57.5 Å². The van der Waals surface area contributed by atoms with Crippen LogP contribution < -0.4 is 29.6 Å². The Morgan fingerprint density at radius 3 is 1.43 bits per heavy atom. The zero-order valence-electron chi connectivity index (χ0n) is 4.54. The summed E-state index contributed by atoms with van der Waals surface area (Å²) in [7, 11) is 0. The maximum Gasteiger partial charge on any atom is 1.00 e. The van der Waals surface area contributed by atoms with E-state index in [0.717, 1.165) is 0 Å². The molecule has 0 aromatic carbocycles. The zero-order chi connectivity index (χ0) is 3.58. The van der Waals surface area contributed by atoms with Gasteiger partial charge in [-0.25, -0.2) is 4.79 Å². The molecule has 0 aliphatic carbocycles. The molecule has 7 heavy (non-hydrogen) atoms. The smallest absolute Gasteiger partial charge is 1.00 e. The van der Waals surface area contributed by atoms with E-state index < -0.39 is 6.16 Å². The van der Waals surface area contributed by atoms with Crippen molar-refractivity contribution in [1.82, 2.24) is 0 Å². The molecule has 0 aliphatic rings. The molecule has 0 unspecified atom stereocenters. The molecular weight excluding hydrogens is 277 g/mol. The van der Waals surface area contributed by atoms with Crippen LogP contribution in [0.25, 0.3) is 0 Å².